The average Bonchev–Trinajstić information content (AvgIpc) is 2.19. The molecule has 4 nitrogen and oxygen atoms in total. The van der Waals surface area contributed by atoms with Crippen molar-refractivity contribution in [3.63, 3.8) is 0 Å². The molecule has 1 fully saturated rings. The van der Waals surface area contributed by atoms with E-state index < -0.39 is 0 Å². The molecule has 1 saturated heterocycles. The number of nitrogens with zero attached hydrogens (tertiary/aromatic N) is 1. The van der Waals surface area contributed by atoms with Crippen LogP contribution in [0.4, 0.5) is 0 Å². The molecule has 2 rings (SSSR count). The van der Waals surface area contributed by atoms with Crippen molar-refractivity contribution in [3.05, 3.63) is 11.8 Å². The molecule has 0 unspecified atom stereocenters. The Morgan fingerprint density at radius 2 is 2.07 bits per heavy atom. The summed E-state index contributed by atoms with van der Waals surface area (Å²) in [4.78, 5) is 11.2. The van der Waals surface area contributed by atoms with Crippen LogP contribution in [-0.4, -0.2) is 37.1 Å². The molecule has 0 saturated carbocycles. The van der Waals surface area contributed by atoms with Gasteiger partial charge in [0.1, 0.15) is 0 Å². The summed E-state index contributed by atoms with van der Waals surface area (Å²) in [5.41, 5.74) is 4.34. The number of morpholine rings is 1. The fraction of sp³-hybridized carbons (Fsp3) is 0.700. The maximum absolute atomic E-state index is 11.2. The third kappa shape index (κ3) is 2.56. The lowest BCUT2D eigenvalue weighted by Gasteiger charge is -2.29. The summed E-state index contributed by atoms with van der Waals surface area (Å²) in [6, 6.07) is 0. The number of nitrogens with one attached hydrogen (secondary N) is 1. The summed E-state index contributed by atoms with van der Waals surface area (Å²) in [6.45, 7) is 3.33. The van der Waals surface area contributed by atoms with E-state index in [4.69, 9.17) is 4.74 Å². The van der Waals surface area contributed by atoms with Gasteiger partial charge in [0.15, 0.2) is 5.78 Å². The van der Waals surface area contributed by atoms with Crippen LogP contribution in [0.25, 0.3) is 0 Å². The van der Waals surface area contributed by atoms with Crippen molar-refractivity contribution < 1.29 is 9.53 Å². The maximum Gasteiger partial charge on any atom is 0.157 e. The fourth-order valence-corrected chi connectivity index (χ4v) is 1.76. The second-order valence-corrected chi connectivity index (χ2v) is 3.70. The van der Waals surface area contributed by atoms with Crippen LogP contribution in [0.1, 0.15) is 19.3 Å². The minimum Gasteiger partial charge on any atom is -0.379 e. The summed E-state index contributed by atoms with van der Waals surface area (Å²) >= 11 is 0. The van der Waals surface area contributed by atoms with Crippen molar-refractivity contribution in [2.75, 3.05) is 26.3 Å². The lowest BCUT2D eigenvalue weighted by atomic mass is 10.0. The summed E-state index contributed by atoms with van der Waals surface area (Å²) in [7, 11) is 0. The molecule has 0 aromatic heterocycles. The van der Waals surface area contributed by atoms with Gasteiger partial charge in [-0.1, -0.05) is 0 Å². The largest absolute Gasteiger partial charge is 0.379 e. The predicted molar refractivity (Wildman–Crippen MR) is 52.5 cm³/mol. The second-order valence-electron chi connectivity index (χ2n) is 3.70. The Labute approximate surface area is 83.9 Å². The topological polar surface area (TPSA) is 41.6 Å². The average molecular weight is 196 g/mol. The number of ether oxygens (including phenoxy) is 1. The molecule has 0 radical (unpaired) electrons. The number of rotatable bonds is 2. The van der Waals surface area contributed by atoms with Crippen LogP contribution in [0.3, 0.4) is 0 Å². The first-order valence-electron chi connectivity index (χ1n) is 5.17. The first kappa shape index (κ1) is 9.68. The molecular weight excluding hydrogens is 180 g/mol. The van der Waals surface area contributed by atoms with Gasteiger partial charge >= 0.3 is 0 Å². The SMILES string of the molecule is O=C1C=C(NN2CCOCC2)CCC1. The van der Waals surface area contributed by atoms with Gasteiger partial charge in [-0.05, 0) is 12.8 Å². The lowest BCUT2D eigenvalue weighted by molar-refractivity contribution is -0.115. The summed E-state index contributed by atoms with van der Waals surface area (Å²) in [6.07, 6.45) is 4.40. The Morgan fingerprint density at radius 3 is 2.79 bits per heavy atom. The quantitative estimate of drug-likeness (QED) is 0.696. The zero-order valence-electron chi connectivity index (χ0n) is 8.29. The van der Waals surface area contributed by atoms with Crippen LogP contribution in [0, 0.1) is 0 Å². The van der Waals surface area contributed by atoms with E-state index in [-0.39, 0.29) is 5.78 Å². The van der Waals surface area contributed by atoms with Gasteiger partial charge < -0.3 is 10.2 Å². The van der Waals surface area contributed by atoms with E-state index in [0.29, 0.717) is 6.42 Å². The van der Waals surface area contributed by atoms with E-state index >= 15 is 0 Å². The number of hydrogen-bond donors (Lipinski definition) is 1. The third-order valence-corrected chi connectivity index (χ3v) is 2.52. The first-order chi connectivity index (χ1) is 6.84. The minimum absolute atomic E-state index is 0.243. The smallest absolute Gasteiger partial charge is 0.157 e. The number of hydrazine groups is 1. The van der Waals surface area contributed by atoms with Crippen LogP contribution in [-0.2, 0) is 9.53 Å². The van der Waals surface area contributed by atoms with E-state index in [9.17, 15) is 4.79 Å². The highest BCUT2D eigenvalue weighted by Gasteiger charge is 2.14. The van der Waals surface area contributed by atoms with E-state index in [2.05, 4.69) is 10.4 Å². The maximum atomic E-state index is 11.2. The van der Waals surface area contributed by atoms with Gasteiger partial charge in [-0.25, -0.2) is 5.01 Å². The zero-order valence-corrected chi connectivity index (χ0v) is 8.29. The monoisotopic (exact) mass is 196 g/mol. The molecule has 14 heavy (non-hydrogen) atoms. The number of carbonyl (C=O) groups excluding carboxylic acids is 1. The fourth-order valence-electron chi connectivity index (χ4n) is 1.76. The van der Waals surface area contributed by atoms with Crippen LogP contribution < -0.4 is 5.43 Å². The Balaban J connectivity index is 1.86. The molecule has 0 bridgehead atoms. The lowest BCUT2D eigenvalue weighted by Crippen LogP contribution is -2.45. The van der Waals surface area contributed by atoms with Crippen molar-refractivity contribution in [2.24, 2.45) is 0 Å². The Bertz CT molecular complexity index is 245. The van der Waals surface area contributed by atoms with Gasteiger partial charge in [-0.2, -0.15) is 0 Å². The van der Waals surface area contributed by atoms with Crippen molar-refractivity contribution in [1.29, 1.82) is 0 Å². The Hall–Kier alpha value is -0.870. The summed E-state index contributed by atoms with van der Waals surface area (Å²) in [5.74, 6) is 0.243. The van der Waals surface area contributed by atoms with Gasteiger partial charge in [-0.3, -0.25) is 4.79 Å². The molecule has 1 heterocycles. The van der Waals surface area contributed by atoms with Crippen LogP contribution in [0.5, 0.6) is 0 Å². The molecule has 1 aliphatic heterocycles. The standard InChI is InChI=1S/C10H16N2O2/c13-10-3-1-2-9(8-10)11-12-4-6-14-7-5-12/h8,11H,1-7H2. The van der Waals surface area contributed by atoms with Gasteiger partial charge in [0, 0.05) is 31.3 Å². The Kier molecular flexibility index (Phi) is 3.16. The molecule has 0 atom stereocenters. The predicted octanol–water partition coefficient (Wildman–Crippen LogP) is 0.460. The second kappa shape index (κ2) is 4.57. The summed E-state index contributed by atoms with van der Waals surface area (Å²) in [5, 5.41) is 2.12. The molecule has 2 aliphatic rings. The Morgan fingerprint density at radius 1 is 1.29 bits per heavy atom. The van der Waals surface area contributed by atoms with Crippen LogP contribution >= 0.6 is 0 Å². The number of carbonyl (C=O) groups is 1. The van der Waals surface area contributed by atoms with Crippen molar-refractivity contribution in [3.8, 4) is 0 Å². The van der Waals surface area contributed by atoms with Gasteiger partial charge in [0.25, 0.3) is 0 Å². The minimum atomic E-state index is 0.243. The van der Waals surface area contributed by atoms with E-state index in [0.717, 1.165) is 44.8 Å². The zero-order chi connectivity index (χ0) is 9.80. The van der Waals surface area contributed by atoms with E-state index in [1.807, 2.05) is 0 Å². The van der Waals surface area contributed by atoms with E-state index in [1.165, 1.54) is 0 Å². The van der Waals surface area contributed by atoms with Crippen molar-refractivity contribution in [2.45, 2.75) is 19.3 Å². The molecular formula is C10H16N2O2. The normalized spacial score (nSPS) is 24.6. The van der Waals surface area contributed by atoms with E-state index in [1.54, 1.807) is 6.08 Å². The number of ketones is 1. The molecule has 1 N–H and O–H groups in total. The molecule has 1 aliphatic carbocycles. The summed E-state index contributed by atoms with van der Waals surface area (Å²) < 4.78 is 5.24. The third-order valence-electron chi connectivity index (χ3n) is 2.52. The molecule has 0 aromatic carbocycles. The van der Waals surface area contributed by atoms with Crippen molar-refractivity contribution in [1.82, 2.24) is 10.4 Å². The molecule has 0 amide bonds. The molecule has 78 valence electrons. The highest BCUT2D eigenvalue weighted by Crippen LogP contribution is 2.13. The van der Waals surface area contributed by atoms with Crippen LogP contribution in [0.2, 0.25) is 0 Å². The molecule has 0 spiro atoms. The highest BCUT2D eigenvalue weighted by atomic mass is 16.5. The number of hydrogen-bond acceptors (Lipinski definition) is 4. The highest BCUT2D eigenvalue weighted by molar-refractivity contribution is 5.90. The number of allylic oxidation sites excluding steroid dienone is 2. The first-order valence-corrected chi connectivity index (χ1v) is 5.17. The van der Waals surface area contributed by atoms with Gasteiger partial charge in [0.05, 0.1) is 13.2 Å². The van der Waals surface area contributed by atoms with Gasteiger partial charge in [0.2, 0.25) is 0 Å². The van der Waals surface area contributed by atoms with Gasteiger partial charge in [-0.15, -0.1) is 0 Å². The van der Waals surface area contributed by atoms with Crippen molar-refractivity contribution >= 4 is 5.78 Å². The molecule has 4 heteroatoms. The molecule has 0 aromatic rings. The van der Waals surface area contributed by atoms with Crippen LogP contribution in [0.15, 0.2) is 11.8 Å².